The van der Waals surface area contributed by atoms with Crippen LogP contribution in [0.1, 0.15) is 39.5 Å². The van der Waals surface area contributed by atoms with Crippen LogP contribution in [-0.2, 0) is 4.79 Å². The first-order chi connectivity index (χ1) is 6.91. The molecule has 0 aromatic carbocycles. The Kier molecular flexibility index (Phi) is 3.55. The first-order valence-electron chi connectivity index (χ1n) is 5.22. The molecule has 1 unspecified atom stereocenters. The van der Waals surface area contributed by atoms with Gasteiger partial charge in [-0.25, -0.2) is 4.79 Å². The molecule has 1 fully saturated rings. The summed E-state index contributed by atoms with van der Waals surface area (Å²) in [5.41, 5.74) is -0.0311. The summed E-state index contributed by atoms with van der Waals surface area (Å²) in [6.07, 6.45) is 2.58. The van der Waals surface area contributed by atoms with Crippen molar-refractivity contribution in [2.45, 2.75) is 51.1 Å². The molecule has 0 radical (unpaired) electrons. The van der Waals surface area contributed by atoms with E-state index in [-0.39, 0.29) is 24.0 Å². The lowest BCUT2D eigenvalue weighted by atomic mass is 10.2. The SMILES string of the molecule is CC(CCC(=O)O)NC(=O)NC1(C)CC1. The quantitative estimate of drug-likeness (QED) is 0.641. The molecule has 1 aliphatic carbocycles. The first kappa shape index (κ1) is 11.8. The van der Waals surface area contributed by atoms with Gasteiger partial charge in [-0.2, -0.15) is 0 Å². The maximum atomic E-state index is 11.4. The van der Waals surface area contributed by atoms with Crippen molar-refractivity contribution in [1.82, 2.24) is 10.6 Å². The van der Waals surface area contributed by atoms with Crippen LogP contribution in [0.4, 0.5) is 4.79 Å². The Morgan fingerprint density at radius 1 is 1.47 bits per heavy atom. The van der Waals surface area contributed by atoms with E-state index in [9.17, 15) is 9.59 Å². The molecule has 0 aliphatic heterocycles. The van der Waals surface area contributed by atoms with Crippen LogP contribution in [0.3, 0.4) is 0 Å². The number of amides is 2. The molecule has 0 heterocycles. The number of carbonyl (C=O) groups is 2. The molecule has 0 aromatic heterocycles. The van der Waals surface area contributed by atoms with Crippen LogP contribution in [0.5, 0.6) is 0 Å². The van der Waals surface area contributed by atoms with Gasteiger partial charge in [-0.15, -0.1) is 0 Å². The van der Waals surface area contributed by atoms with Crippen molar-refractivity contribution in [2.24, 2.45) is 0 Å². The van der Waals surface area contributed by atoms with E-state index in [1.165, 1.54) is 0 Å². The molecule has 1 rings (SSSR count). The number of carboxylic acid groups (broad SMARTS) is 1. The topological polar surface area (TPSA) is 78.4 Å². The monoisotopic (exact) mass is 214 g/mol. The van der Waals surface area contributed by atoms with Gasteiger partial charge in [0.15, 0.2) is 0 Å². The van der Waals surface area contributed by atoms with Crippen molar-refractivity contribution in [1.29, 1.82) is 0 Å². The number of rotatable bonds is 5. The Hall–Kier alpha value is -1.26. The Labute approximate surface area is 89.2 Å². The van der Waals surface area contributed by atoms with E-state index in [1.54, 1.807) is 6.92 Å². The Balaban J connectivity index is 2.16. The molecule has 0 saturated heterocycles. The number of carboxylic acids is 1. The fraction of sp³-hybridized carbons (Fsp3) is 0.800. The van der Waals surface area contributed by atoms with Crippen LogP contribution in [0.15, 0.2) is 0 Å². The number of aliphatic carboxylic acids is 1. The fourth-order valence-corrected chi connectivity index (χ4v) is 1.26. The van der Waals surface area contributed by atoms with Gasteiger partial charge >= 0.3 is 12.0 Å². The summed E-state index contributed by atoms with van der Waals surface area (Å²) >= 11 is 0. The molecule has 1 aliphatic rings. The summed E-state index contributed by atoms with van der Waals surface area (Å²) in [7, 11) is 0. The summed E-state index contributed by atoms with van der Waals surface area (Å²) in [4.78, 5) is 21.7. The maximum absolute atomic E-state index is 11.4. The largest absolute Gasteiger partial charge is 0.481 e. The second-order valence-electron chi connectivity index (χ2n) is 4.49. The molecule has 3 N–H and O–H groups in total. The zero-order valence-corrected chi connectivity index (χ0v) is 9.17. The van der Waals surface area contributed by atoms with Gasteiger partial charge in [0, 0.05) is 18.0 Å². The average molecular weight is 214 g/mol. The molecule has 1 saturated carbocycles. The van der Waals surface area contributed by atoms with Gasteiger partial charge in [0.25, 0.3) is 0 Å². The lowest BCUT2D eigenvalue weighted by molar-refractivity contribution is -0.137. The van der Waals surface area contributed by atoms with Crippen LogP contribution < -0.4 is 10.6 Å². The summed E-state index contributed by atoms with van der Waals surface area (Å²) in [5, 5.41) is 14.0. The Morgan fingerprint density at radius 2 is 2.07 bits per heavy atom. The lowest BCUT2D eigenvalue weighted by Gasteiger charge is -2.16. The third-order valence-electron chi connectivity index (χ3n) is 2.58. The van der Waals surface area contributed by atoms with Gasteiger partial charge in [-0.1, -0.05) is 0 Å². The summed E-state index contributed by atoms with van der Waals surface area (Å²) in [6, 6.07) is -0.309. The van der Waals surface area contributed by atoms with E-state index in [2.05, 4.69) is 10.6 Å². The van der Waals surface area contributed by atoms with Crippen LogP contribution in [0, 0.1) is 0 Å². The summed E-state index contributed by atoms with van der Waals surface area (Å²) < 4.78 is 0. The summed E-state index contributed by atoms with van der Waals surface area (Å²) in [5.74, 6) is -0.835. The van der Waals surface area contributed by atoms with Crippen molar-refractivity contribution in [2.75, 3.05) is 0 Å². The molecule has 0 spiro atoms. The lowest BCUT2D eigenvalue weighted by Crippen LogP contribution is -2.45. The van der Waals surface area contributed by atoms with Crippen molar-refractivity contribution in [3.8, 4) is 0 Å². The van der Waals surface area contributed by atoms with Gasteiger partial charge in [-0.3, -0.25) is 4.79 Å². The smallest absolute Gasteiger partial charge is 0.315 e. The van der Waals surface area contributed by atoms with E-state index < -0.39 is 5.97 Å². The van der Waals surface area contributed by atoms with Crippen molar-refractivity contribution >= 4 is 12.0 Å². The van der Waals surface area contributed by atoms with E-state index >= 15 is 0 Å². The number of nitrogens with one attached hydrogen (secondary N) is 2. The second kappa shape index (κ2) is 4.51. The number of urea groups is 1. The number of hydrogen-bond donors (Lipinski definition) is 3. The molecule has 15 heavy (non-hydrogen) atoms. The van der Waals surface area contributed by atoms with Crippen molar-refractivity contribution in [3.63, 3.8) is 0 Å². The van der Waals surface area contributed by atoms with Crippen LogP contribution >= 0.6 is 0 Å². The van der Waals surface area contributed by atoms with E-state index in [0.717, 1.165) is 12.8 Å². The Bertz CT molecular complexity index is 261. The highest BCUT2D eigenvalue weighted by atomic mass is 16.4. The average Bonchev–Trinajstić information content (AvgIpc) is 2.79. The number of carbonyl (C=O) groups excluding carboxylic acids is 1. The van der Waals surface area contributed by atoms with Crippen LogP contribution in [0.25, 0.3) is 0 Å². The van der Waals surface area contributed by atoms with Gasteiger partial charge in [0.05, 0.1) is 0 Å². The van der Waals surface area contributed by atoms with Crippen molar-refractivity contribution < 1.29 is 14.7 Å². The maximum Gasteiger partial charge on any atom is 0.315 e. The molecule has 0 aromatic rings. The zero-order chi connectivity index (χ0) is 11.5. The predicted molar refractivity (Wildman–Crippen MR) is 55.6 cm³/mol. The minimum absolute atomic E-state index is 0.0311. The summed E-state index contributed by atoms with van der Waals surface area (Å²) in [6.45, 7) is 3.80. The highest BCUT2D eigenvalue weighted by Crippen LogP contribution is 2.33. The molecular formula is C10H18N2O3. The van der Waals surface area contributed by atoms with E-state index in [4.69, 9.17) is 5.11 Å². The third kappa shape index (κ3) is 4.67. The minimum atomic E-state index is -0.835. The third-order valence-corrected chi connectivity index (χ3v) is 2.58. The molecule has 0 bridgehead atoms. The second-order valence-corrected chi connectivity index (χ2v) is 4.49. The molecular weight excluding hydrogens is 196 g/mol. The Morgan fingerprint density at radius 3 is 2.53 bits per heavy atom. The highest BCUT2D eigenvalue weighted by molar-refractivity contribution is 5.75. The van der Waals surface area contributed by atoms with E-state index in [0.29, 0.717) is 6.42 Å². The van der Waals surface area contributed by atoms with Crippen LogP contribution in [0.2, 0.25) is 0 Å². The van der Waals surface area contributed by atoms with Crippen LogP contribution in [-0.4, -0.2) is 28.7 Å². The number of hydrogen-bond acceptors (Lipinski definition) is 2. The van der Waals surface area contributed by atoms with Crippen molar-refractivity contribution in [3.05, 3.63) is 0 Å². The molecule has 5 nitrogen and oxygen atoms in total. The first-order valence-corrected chi connectivity index (χ1v) is 5.22. The van der Waals surface area contributed by atoms with E-state index in [1.807, 2.05) is 6.92 Å². The van der Waals surface area contributed by atoms with Gasteiger partial charge in [0.2, 0.25) is 0 Å². The van der Waals surface area contributed by atoms with Gasteiger partial charge in [-0.05, 0) is 33.1 Å². The molecule has 5 heteroatoms. The normalized spacial score (nSPS) is 19.1. The molecule has 1 atom stereocenters. The predicted octanol–water partition coefficient (Wildman–Crippen LogP) is 1.09. The zero-order valence-electron chi connectivity index (χ0n) is 9.17. The molecule has 86 valence electrons. The minimum Gasteiger partial charge on any atom is -0.481 e. The fourth-order valence-electron chi connectivity index (χ4n) is 1.26. The molecule has 2 amide bonds. The standard InChI is InChI=1S/C10H18N2O3/c1-7(3-4-8(13)14)11-9(15)12-10(2)5-6-10/h7H,3-6H2,1-2H3,(H,13,14)(H2,11,12,15). The van der Waals surface area contributed by atoms with Gasteiger partial charge < -0.3 is 15.7 Å². The highest BCUT2D eigenvalue weighted by Gasteiger charge is 2.38. The van der Waals surface area contributed by atoms with Gasteiger partial charge in [0.1, 0.15) is 0 Å².